The van der Waals surface area contributed by atoms with Crippen molar-refractivity contribution in [3.63, 3.8) is 0 Å². The second-order valence-electron chi connectivity index (χ2n) is 13.9. The summed E-state index contributed by atoms with van der Waals surface area (Å²) in [6.07, 6.45) is 24.3. The summed E-state index contributed by atoms with van der Waals surface area (Å²) in [5, 5.41) is 2.77. The van der Waals surface area contributed by atoms with Crippen molar-refractivity contribution in [3.8, 4) is 0 Å². The molecule has 0 aliphatic carbocycles. The van der Waals surface area contributed by atoms with Gasteiger partial charge in [-0.15, -0.1) is 0 Å². The van der Waals surface area contributed by atoms with Crippen LogP contribution < -0.4 is 10.4 Å². The van der Waals surface area contributed by atoms with Crippen molar-refractivity contribution < 1.29 is 14.0 Å². The molecule has 0 saturated heterocycles. The van der Waals surface area contributed by atoms with E-state index in [0.29, 0.717) is 6.61 Å². The molecule has 0 aliphatic rings. The Balaban J connectivity index is 1.66. The molecule has 2 aromatic rings. The Labute approximate surface area is 278 Å². The summed E-state index contributed by atoms with van der Waals surface area (Å²) in [5.74, 6) is -0.160. The third-order valence-electron chi connectivity index (χ3n) is 9.09. The minimum atomic E-state index is -2.41. The molecule has 0 N–H and O–H groups in total. The predicted molar refractivity (Wildman–Crippen MR) is 197 cm³/mol. The maximum Gasteiger partial charge on any atom is 0.330 e. The molecular formula is C41H66O3Si. The molecule has 4 heteroatoms. The summed E-state index contributed by atoms with van der Waals surface area (Å²) in [4.78, 5) is 12.1. The van der Waals surface area contributed by atoms with E-state index in [1.807, 2.05) is 6.92 Å². The van der Waals surface area contributed by atoms with Gasteiger partial charge >= 0.3 is 5.97 Å². The highest BCUT2D eigenvalue weighted by Gasteiger charge is 2.49. The number of allylic oxidation sites excluding steroid dienone is 1. The smallest absolute Gasteiger partial charge is 0.330 e. The largest absolute Gasteiger partial charge is 0.463 e. The van der Waals surface area contributed by atoms with E-state index >= 15 is 0 Å². The zero-order valence-corrected chi connectivity index (χ0v) is 30.7. The SMILES string of the molecule is CCCCCCCCC/C(=C\C(=O)OCC)CCCCCCCCCCCO[Si](c1ccccc1)(c1ccccc1)C(C)(C)C. The lowest BCUT2D eigenvalue weighted by Gasteiger charge is -2.43. The number of hydrogen-bond acceptors (Lipinski definition) is 3. The van der Waals surface area contributed by atoms with E-state index in [1.165, 1.54) is 112 Å². The van der Waals surface area contributed by atoms with Crippen LogP contribution in [0, 0.1) is 0 Å². The van der Waals surface area contributed by atoms with Crippen LogP contribution in [0.2, 0.25) is 5.04 Å². The summed E-state index contributed by atoms with van der Waals surface area (Å²) in [6.45, 7) is 12.5. The molecule has 0 unspecified atom stereocenters. The van der Waals surface area contributed by atoms with E-state index in [0.717, 1.165) is 25.9 Å². The molecule has 0 heterocycles. The quantitative estimate of drug-likeness (QED) is 0.0472. The van der Waals surface area contributed by atoms with Gasteiger partial charge in [-0.05, 0) is 54.4 Å². The summed E-state index contributed by atoms with van der Waals surface area (Å²) >= 11 is 0. The maximum atomic E-state index is 12.1. The Hall–Kier alpha value is -2.17. The molecule has 0 aliphatic heterocycles. The van der Waals surface area contributed by atoms with Gasteiger partial charge in [0.25, 0.3) is 8.32 Å². The van der Waals surface area contributed by atoms with Crippen LogP contribution in [-0.2, 0) is 14.0 Å². The lowest BCUT2D eigenvalue weighted by molar-refractivity contribution is -0.137. The minimum absolute atomic E-state index is 0.0406. The summed E-state index contributed by atoms with van der Waals surface area (Å²) in [7, 11) is -2.41. The average Bonchev–Trinajstić information content (AvgIpc) is 3.03. The van der Waals surface area contributed by atoms with Crippen molar-refractivity contribution in [2.24, 2.45) is 0 Å². The molecular weight excluding hydrogens is 569 g/mol. The van der Waals surface area contributed by atoms with Gasteiger partial charge in [0, 0.05) is 12.7 Å². The van der Waals surface area contributed by atoms with E-state index in [4.69, 9.17) is 9.16 Å². The first-order valence-corrected chi connectivity index (χ1v) is 20.4. The van der Waals surface area contributed by atoms with Gasteiger partial charge in [-0.1, -0.05) is 177 Å². The number of carbonyl (C=O) groups is 1. The minimum Gasteiger partial charge on any atom is -0.463 e. The monoisotopic (exact) mass is 634 g/mol. The second-order valence-corrected chi connectivity index (χ2v) is 18.2. The topological polar surface area (TPSA) is 35.5 Å². The van der Waals surface area contributed by atoms with Gasteiger partial charge in [0.05, 0.1) is 6.61 Å². The van der Waals surface area contributed by atoms with Crippen molar-refractivity contribution in [1.29, 1.82) is 0 Å². The van der Waals surface area contributed by atoms with Crippen LogP contribution in [0.5, 0.6) is 0 Å². The predicted octanol–water partition coefficient (Wildman–Crippen LogP) is 11.1. The van der Waals surface area contributed by atoms with E-state index in [2.05, 4.69) is 88.4 Å². The van der Waals surface area contributed by atoms with Crippen LogP contribution in [0.25, 0.3) is 0 Å². The van der Waals surface area contributed by atoms with Crippen molar-refractivity contribution in [2.45, 2.75) is 155 Å². The van der Waals surface area contributed by atoms with E-state index in [-0.39, 0.29) is 11.0 Å². The van der Waals surface area contributed by atoms with Crippen LogP contribution >= 0.6 is 0 Å². The third kappa shape index (κ3) is 14.9. The molecule has 0 amide bonds. The Bertz CT molecular complexity index is 1000. The number of esters is 1. The number of hydrogen-bond donors (Lipinski definition) is 0. The molecule has 0 saturated carbocycles. The summed E-state index contributed by atoms with van der Waals surface area (Å²) in [6, 6.07) is 21.9. The van der Waals surface area contributed by atoms with Gasteiger partial charge in [-0.2, -0.15) is 0 Å². The number of carbonyl (C=O) groups excluding carboxylic acids is 1. The van der Waals surface area contributed by atoms with Crippen LogP contribution in [0.15, 0.2) is 72.3 Å². The average molecular weight is 635 g/mol. The zero-order chi connectivity index (χ0) is 32.6. The van der Waals surface area contributed by atoms with Gasteiger partial charge in [-0.3, -0.25) is 0 Å². The fourth-order valence-electron chi connectivity index (χ4n) is 6.61. The van der Waals surface area contributed by atoms with Gasteiger partial charge in [0.2, 0.25) is 0 Å². The zero-order valence-electron chi connectivity index (χ0n) is 29.7. The standard InChI is InChI=1S/C41H66O3Si/c1-6-8-9-10-14-17-22-29-37(36-40(42)43-7-2)30-23-18-15-12-11-13-16-19-28-35-44-45(41(3,4)5,38-31-24-20-25-32-38)39-33-26-21-27-34-39/h20-21,24-27,31-34,36H,6-19,22-23,28-30,35H2,1-5H3/b37-36+. The molecule has 0 spiro atoms. The van der Waals surface area contributed by atoms with Crippen LogP contribution in [0.4, 0.5) is 0 Å². The fourth-order valence-corrected chi connectivity index (χ4v) is 11.2. The van der Waals surface area contributed by atoms with E-state index in [9.17, 15) is 4.79 Å². The fraction of sp³-hybridized carbons (Fsp3) is 0.634. The molecule has 252 valence electrons. The molecule has 0 radical (unpaired) electrons. The summed E-state index contributed by atoms with van der Waals surface area (Å²) in [5.41, 5.74) is 1.29. The number of benzene rings is 2. The Morgan fingerprint density at radius 3 is 1.47 bits per heavy atom. The van der Waals surface area contributed by atoms with Crippen molar-refractivity contribution in [2.75, 3.05) is 13.2 Å². The van der Waals surface area contributed by atoms with Crippen LogP contribution in [0.1, 0.15) is 150 Å². The Morgan fingerprint density at radius 2 is 1.04 bits per heavy atom. The van der Waals surface area contributed by atoms with Crippen molar-refractivity contribution >= 4 is 24.7 Å². The van der Waals surface area contributed by atoms with Crippen molar-refractivity contribution in [3.05, 3.63) is 72.3 Å². The first kappa shape index (κ1) is 39.0. The molecule has 3 nitrogen and oxygen atoms in total. The second kappa shape index (κ2) is 23.2. The van der Waals surface area contributed by atoms with Crippen LogP contribution in [0.3, 0.4) is 0 Å². The van der Waals surface area contributed by atoms with Crippen molar-refractivity contribution in [1.82, 2.24) is 0 Å². The lowest BCUT2D eigenvalue weighted by Crippen LogP contribution is -2.66. The van der Waals surface area contributed by atoms with Crippen LogP contribution in [-0.4, -0.2) is 27.5 Å². The number of rotatable bonds is 25. The van der Waals surface area contributed by atoms with E-state index in [1.54, 1.807) is 6.08 Å². The first-order valence-electron chi connectivity index (χ1n) is 18.5. The van der Waals surface area contributed by atoms with E-state index < -0.39 is 8.32 Å². The molecule has 0 bridgehead atoms. The number of unbranched alkanes of at least 4 members (excludes halogenated alkanes) is 14. The molecule has 0 aromatic heterocycles. The lowest BCUT2D eigenvalue weighted by atomic mass is 9.99. The van der Waals surface area contributed by atoms with Gasteiger partial charge < -0.3 is 9.16 Å². The number of ether oxygens (including phenoxy) is 1. The Morgan fingerprint density at radius 1 is 0.622 bits per heavy atom. The Kier molecular flexibility index (Phi) is 20.1. The van der Waals surface area contributed by atoms with Gasteiger partial charge in [0.1, 0.15) is 0 Å². The maximum absolute atomic E-state index is 12.1. The first-order chi connectivity index (χ1) is 21.8. The summed E-state index contributed by atoms with van der Waals surface area (Å²) < 4.78 is 12.3. The molecule has 0 fully saturated rings. The molecule has 45 heavy (non-hydrogen) atoms. The molecule has 2 aromatic carbocycles. The highest BCUT2D eigenvalue weighted by atomic mass is 28.4. The normalized spacial score (nSPS) is 12.4. The van der Waals surface area contributed by atoms with Gasteiger partial charge in [-0.25, -0.2) is 4.79 Å². The van der Waals surface area contributed by atoms with Gasteiger partial charge in [0.15, 0.2) is 0 Å². The third-order valence-corrected chi connectivity index (χ3v) is 14.1. The highest BCUT2D eigenvalue weighted by molar-refractivity contribution is 6.99. The molecule has 0 atom stereocenters. The highest BCUT2D eigenvalue weighted by Crippen LogP contribution is 2.36. The molecule has 2 rings (SSSR count).